The van der Waals surface area contributed by atoms with Crippen molar-refractivity contribution >= 4 is 39.7 Å². The maximum Gasteiger partial charge on any atom is 0.223 e. The number of thiophene rings is 1. The van der Waals surface area contributed by atoms with Gasteiger partial charge in [-0.15, -0.1) is 23.7 Å². The van der Waals surface area contributed by atoms with Crippen LogP contribution in [0.15, 0.2) is 30.3 Å². The number of benzene rings is 1. The summed E-state index contributed by atoms with van der Waals surface area (Å²) in [6.45, 7) is 2.09. The molecule has 1 aromatic carbocycles. The summed E-state index contributed by atoms with van der Waals surface area (Å²) in [5, 5.41) is 17.5. The van der Waals surface area contributed by atoms with E-state index in [1.807, 2.05) is 30.3 Å². The molecule has 1 aliphatic heterocycles. The third-order valence-corrected chi connectivity index (χ3v) is 5.17. The van der Waals surface area contributed by atoms with Crippen molar-refractivity contribution in [3.63, 3.8) is 0 Å². The highest BCUT2D eigenvalue weighted by molar-refractivity contribution is 7.19. The summed E-state index contributed by atoms with van der Waals surface area (Å²) in [6, 6.07) is 10.1. The Morgan fingerprint density at radius 1 is 1.36 bits per heavy atom. The number of aliphatic hydroxyl groups excluding tert-OH is 1. The number of hydrogen-bond donors (Lipinski definition) is 3. The molecule has 0 bridgehead atoms. The average Bonchev–Trinajstić information content (AvgIpc) is 2.97. The number of nitrogens with one attached hydrogen (secondary N) is 2. The van der Waals surface area contributed by atoms with E-state index in [1.54, 1.807) is 11.3 Å². The fraction of sp³-hybridized carbons (Fsp3) is 0.438. The van der Waals surface area contributed by atoms with Crippen LogP contribution in [0.5, 0.6) is 0 Å². The normalized spacial score (nSPS) is 17.0. The molecule has 0 aliphatic carbocycles. The molecule has 0 radical (unpaired) electrons. The van der Waals surface area contributed by atoms with Crippen molar-refractivity contribution in [2.24, 2.45) is 5.92 Å². The summed E-state index contributed by atoms with van der Waals surface area (Å²) < 4.78 is 1.16. The molecule has 3 N–H and O–H groups in total. The van der Waals surface area contributed by atoms with Crippen LogP contribution in [0.4, 0.5) is 0 Å². The second kappa shape index (κ2) is 7.92. The van der Waals surface area contributed by atoms with Crippen molar-refractivity contribution in [2.45, 2.75) is 18.9 Å². The summed E-state index contributed by atoms with van der Waals surface area (Å²) in [4.78, 5) is 13.0. The van der Waals surface area contributed by atoms with Gasteiger partial charge in [0.05, 0.1) is 0 Å². The lowest BCUT2D eigenvalue weighted by atomic mass is 9.97. The smallest absolute Gasteiger partial charge is 0.223 e. The molecule has 1 fully saturated rings. The van der Waals surface area contributed by atoms with Gasteiger partial charge in [-0.3, -0.25) is 4.79 Å². The van der Waals surface area contributed by atoms with Gasteiger partial charge in [0, 0.05) is 22.0 Å². The van der Waals surface area contributed by atoms with E-state index in [4.69, 9.17) is 0 Å². The average molecular weight is 341 g/mol. The van der Waals surface area contributed by atoms with E-state index in [2.05, 4.69) is 10.6 Å². The fourth-order valence-corrected chi connectivity index (χ4v) is 3.74. The monoisotopic (exact) mass is 340 g/mol. The first-order valence-electron chi connectivity index (χ1n) is 7.39. The first-order valence-corrected chi connectivity index (χ1v) is 8.20. The summed E-state index contributed by atoms with van der Waals surface area (Å²) in [6.07, 6.45) is 1.13. The zero-order valence-corrected chi connectivity index (χ0v) is 13.9. The Bertz CT molecular complexity index is 592. The number of carbonyl (C=O) groups excluding carboxylic acids is 1. The van der Waals surface area contributed by atoms with Crippen LogP contribution in [0.25, 0.3) is 10.1 Å². The van der Waals surface area contributed by atoms with Gasteiger partial charge in [0.25, 0.3) is 0 Å². The Hall–Kier alpha value is -1.14. The lowest BCUT2D eigenvalue weighted by Crippen LogP contribution is -2.39. The molecule has 1 unspecified atom stereocenters. The number of carbonyl (C=O) groups is 1. The first-order chi connectivity index (χ1) is 10.2. The SMILES string of the molecule is Cl.O=C(NCC(O)c1cc2ccccc2s1)C1CCNCC1. The van der Waals surface area contributed by atoms with Gasteiger partial charge < -0.3 is 15.7 Å². The number of rotatable bonds is 4. The molecule has 0 spiro atoms. The maximum absolute atomic E-state index is 12.1. The molecule has 2 heterocycles. The van der Waals surface area contributed by atoms with Crippen molar-refractivity contribution in [3.05, 3.63) is 35.2 Å². The summed E-state index contributed by atoms with van der Waals surface area (Å²) >= 11 is 1.58. The molecule has 2 aromatic rings. The Morgan fingerprint density at radius 3 is 2.82 bits per heavy atom. The van der Waals surface area contributed by atoms with Crippen molar-refractivity contribution < 1.29 is 9.90 Å². The number of fused-ring (bicyclic) bond motifs is 1. The molecule has 22 heavy (non-hydrogen) atoms. The number of amides is 1. The summed E-state index contributed by atoms with van der Waals surface area (Å²) in [7, 11) is 0. The second-order valence-corrected chi connectivity index (χ2v) is 6.59. The topological polar surface area (TPSA) is 61.4 Å². The molecule has 4 nitrogen and oxygen atoms in total. The van der Waals surface area contributed by atoms with Crippen molar-refractivity contribution in [1.29, 1.82) is 0 Å². The standard InChI is InChI=1S/C16H20N2O2S.ClH/c19-13(10-18-16(20)11-5-7-17-8-6-11)15-9-12-3-1-2-4-14(12)21-15;/h1-4,9,11,13,17,19H,5-8,10H2,(H,18,20);1H. The van der Waals surface area contributed by atoms with Crippen LogP contribution in [-0.2, 0) is 4.79 Å². The third kappa shape index (κ3) is 3.98. The predicted octanol–water partition coefficient (Wildman–Crippen LogP) is 2.47. The van der Waals surface area contributed by atoms with Gasteiger partial charge in [0.15, 0.2) is 0 Å². The fourth-order valence-electron chi connectivity index (χ4n) is 2.69. The Balaban J connectivity index is 0.00000176. The molecule has 1 saturated heterocycles. The Morgan fingerprint density at radius 2 is 2.09 bits per heavy atom. The van der Waals surface area contributed by atoms with E-state index in [9.17, 15) is 9.90 Å². The van der Waals surface area contributed by atoms with Crippen LogP contribution in [0.3, 0.4) is 0 Å². The largest absolute Gasteiger partial charge is 0.386 e. The van der Waals surface area contributed by atoms with Gasteiger partial charge >= 0.3 is 0 Å². The molecule has 1 amide bonds. The van der Waals surface area contributed by atoms with Gasteiger partial charge in [-0.05, 0) is 43.5 Å². The zero-order chi connectivity index (χ0) is 14.7. The van der Waals surface area contributed by atoms with Crippen LogP contribution in [0, 0.1) is 5.92 Å². The molecule has 3 rings (SSSR count). The van der Waals surface area contributed by atoms with E-state index in [0.717, 1.165) is 40.9 Å². The van der Waals surface area contributed by atoms with Gasteiger partial charge in [-0.1, -0.05) is 18.2 Å². The first kappa shape index (κ1) is 17.2. The number of aliphatic hydroxyl groups is 1. The van der Waals surface area contributed by atoms with Crippen LogP contribution >= 0.6 is 23.7 Å². The molecule has 1 aromatic heterocycles. The molecule has 0 saturated carbocycles. The van der Waals surface area contributed by atoms with Gasteiger partial charge in [-0.25, -0.2) is 0 Å². The molecule has 6 heteroatoms. The number of hydrogen-bond acceptors (Lipinski definition) is 4. The highest BCUT2D eigenvalue weighted by Crippen LogP contribution is 2.29. The summed E-state index contributed by atoms with van der Waals surface area (Å²) in [5.41, 5.74) is 0. The number of piperidine rings is 1. The van der Waals surface area contributed by atoms with E-state index in [0.29, 0.717) is 0 Å². The van der Waals surface area contributed by atoms with Gasteiger partial charge in [0.2, 0.25) is 5.91 Å². The minimum Gasteiger partial charge on any atom is -0.386 e. The highest BCUT2D eigenvalue weighted by atomic mass is 35.5. The van der Waals surface area contributed by atoms with Crippen LogP contribution < -0.4 is 10.6 Å². The quantitative estimate of drug-likeness (QED) is 0.801. The molecule has 1 aliphatic rings. The highest BCUT2D eigenvalue weighted by Gasteiger charge is 2.21. The molecular weight excluding hydrogens is 320 g/mol. The maximum atomic E-state index is 12.1. The lowest BCUT2D eigenvalue weighted by molar-refractivity contribution is -0.126. The molecule has 120 valence electrons. The minimum atomic E-state index is -0.631. The van der Waals surface area contributed by atoms with Crippen LogP contribution in [0.1, 0.15) is 23.8 Å². The van der Waals surface area contributed by atoms with Gasteiger partial charge in [0.1, 0.15) is 6.10 Å². The van der Waals surface area contributed by atoms with E-state index >= 15 is 0 Å². The van der Waals surface area contributed by atoms with E-state index < -0.39 is 6.10 Å². The van der Waals surface area contributed by atoms with E-state index in [1.165, 1.54) is 0 Å². The molecule has 1 atom stereocenters. The van der Waals surface area contributed by atoms with Crippen LogP contribution in [-0.4, -0.2) is 30.6 Å². The van der Waals surface area contributed by atoms with E-state index in [-0.39, 0.29) is 30.8 Å². The summed E-state index contributed by atoms with van der Waals surface area (Å²) in [5.74, 6) is 0.150. The Kier molecular flexibility index (Phi) is 6.20. The number of halogens is 1. The zero-order valence-electron chi connectivity index (χ0n) is 12.2. The minimum absolute atomic E-state index is 0. The lowest BCUT2D eigenvalue weighted by Gasteiger charge is -2.22. The third-order valence-electron chi connectivity index (χ3n) is 3.95. The van der Waals surface area contributed by atoms with Crippen molar-refractivity contribution in [2.75, 3.05) is 19.6 Å². The predicted molar refractivity (Wildman–Crippen MR) is 92.6 cm³/mol. The van der Waals surface area contributed by atoms with Crippen molar-refractivity contribution in [3.8, 4) is 0 Å². The van der Waals surface area contributed by atoms with Crippen LogP contribution in [0.2, 0.25) is 0 Å². The van der Waals surface area contributed by atoms with Crippen molar-refractivity contribution in [1.82, 2.24) is 10.6 Å². The second-order valence-electron chi connectivity index (χ2n) is 5.47. The Labute approximate surface area is 140 Å². The molecular formula is C16H21ClN2O2S. The van der Waals surface area contributed by atoms with Gasteiger partial charge in [-0.2, -0.15) is 0 Å².